The minimum atomic E-state index is -0.243. The van der Waals surface area contributed by atoms with Gasteiger partial charge in [-0.05, 0) is 42.9 Å². The Labute approximate surface area is 171 Å². The highest BCUT2D eigenvalue weighted by Gasteiger charge is 2.21. The monoisotopic (exact) mass is 393 g/mol. The maximum Gasteiger partial charge on any atom is 0.273 e. The lowest BCUT2D eigenvalue weighted by molar-refractivity contribution is 0.0930. The van der Waals surface area contributed by atoms with Crippen molar-refractivity contribution in [1.82, 2.24) is 25.2 Å². The summed E-state index contributed by atoms with van der Waals surface area (Å²) in [6, 6.07) is 17.6. The third-order valence-corrected chi connectivity index (χ3v) is 4.93. The largest absolute Gasteiger partial charge is 0.497 e. The average molecular weight is 393 g/mol. The number of hydrogen-bond acceptors (Lipinski definition) is 5. The SMILES string of the molecule is CCN(CC)C(CNC(=O)c1cn(-c2ccccc2)nn1)c1cccc(OC)c1. The number of aromatic nitrogens is 3. The van der Waals surface area contributed by atoms with E-state index >= 15 is 0 Å². The third kappa shape index (κ3) is 5.00. The van der Waals surface area contributed by atoms with E-state index in [-0.39, 0.29) is 17.6 Å². The van der Waals surface area contributed by atoms with Gasteiger partial charge in [-0.15, -0.1) is 5.10 Å². The highest BCUT2D eigenvalue weighted by Crippen LogP contribution is 2.24. The molecule has 0 spiro atoms. The predicted molar refractivity (Wildman–Crippen MR) is 112 cm³/mol. The summed E-state index contributed by atoms with van der Waals surface area (Å²) in [5, 5.41) is 11.1. The molecule has 0 saturated heterocycles. The Kier molecular flexibility index (Phi) is 6.97. The number of likely N-dealkylation sites (N-methyl/N-ethyl adjacent to an activating group) is 1. The smallest absolute Gasteiger partial charge is 0.273 e. The van der Waals surface area contributed by atoms with E-state index in [1.54, 1.807) is 18.0 Å². The third-order valence-electron chi connectivity index (χ3n) is 4.93. The molecule has 0 aliphatic heterocycles. The minimum Gasteiger partial charge on any atom is -0.497 e. The molecule has 1 unspecified atom stereocenters. The molecule has 0 radical (unpaired) electrons. The molecule has 7 heteroatoms. The molecule has 0 aliphatic rings. The molecule has 0 aliphatic carbocycles. The standard InChI is InChI=1S/C22H27N5O2/c1-4-26(5-2)21(17-10-9-13-19(14-17)29-3)15-23-22(28)20-16-27(25-24-20)18-11-7-6-8-12-18/h6-14,16,21H,4-5,15H2,1-3H3,(H,23,28). The lowest BCUT2D eigenvalue weighted by Crippen LogP contribution is -2.38. The zero-order valence-corrected chi connectivity index (χ0v) is 17.1. The Bertz CT molecular complexity index is 922. The van der Waals surface area contributed by atoms with Gasteiger partial charge in [0.25, 0.3) is 5.91 Å². The van der Waals surface area contributed by atoms with Gasteiger partial charge in [0.05, 0.1) is 25.0 Å². The van der Waals surface area contributed by atoms with E-state index in [9.17, 15) is 4.79 Å². The molecule has 0 fully saturated rings. The summed E-state index contributed by atoms with van der Waals surface area (Å²) in [5.41, 5.74) is 2.25. The molecule has 0 saturated carbocycles. The molecule has 3 aromatic rings. The first-order valence-corrected chi connectivity index (χ1v) is 9.80. The van der Waals surface area contributed by atoms with Crippen LogP contribution in [0.15, 0.2) is 60.8 Å². The van der Waals surface area contributed by atoms with Crippen molar-refractivity contribution in [2.24, 2.45) is 0 Å². The van der Waals surface area contributed by atoms with E-state index in [1.807, 2.05) is 48.5 Å². The van der Waals surface area contributed by atoms with Crippen molar-refractivity contribution in [3.63, 3.8) is 0 Å². The first-order chi connectivity index (χ1) is 14.2. The van der Waals surface area contributed by atoms with Crippen molar-refractivity contribution in [3.8, 4) is 11.4 Å². The number of hydrogen-bond donors (Lipinski definition) is 1. The first kappa shape index (κ1) is 20.5. The number of carbonyl (C=O) groups excluding carboxylic acids is 1. The quantitative estimate of drug-likeness (QED) is 0.605. The molecule has 1 amide bonds. The van der Waals surface area contributed by atoms with Crippen LogP contribution in [-0.2, 0) is 0 Å². The lowest BCUT2D eigenvalue weighted by Gasteiger charge is -2.30. The van der Waals surface area contributed by atoms with E-state index < -0.39 is 0 Å². The molecular formula is C22H27N5O2. The van der Waals surface area contributed by atoms with Gasteiger partial charge >= 0.3 is 0 Å². The fourth-order valence-corrected chi connectivity index (χ4v) is 3.33. The average Bonchev–Trinajstić information content (AvgIpc) is 3.27. The number of ether oxygens (including phenoxy) is 1. The normalized spacial score (nSPS) is 12.0. The molecule has 152 valence electrons. The lowest BCUT2D eigenvalue weighted by atomic mass is 10.0. The second kappa shape index (κ2) is 9.84. The number of carbonyl (C=O) groups is 1. The van der Waals surface area contributed by atoms with Gasteiger partial charge in [0.1, 0.15) is 5.75 Å². The summed E-state index contributed by atoms with van der Waals surface area (Å²) in [6.07, 6.45) is 1.64. The summed E-state index contributed by atoms with van der Waals surface area (Å²) in [5.74, 6) is 0.559. The second-order valence-corrected chi connectivity index (χ2v) is 6.61. The molecule has 7 nitrogen and oxygen atoms in total. The summed E-state index contributed by atoms with van der Waals surface area (Å²) >= 11 is 0. The number of benzene rings is 2. The number of nitrogens with zero attached hydrogens (tertiary/aromatic N) is 4. The van der Waals surface area contributed by atoms with Crippen molar-refractivity contribution in [2.45, 2.75) is 19.9 Å². The highest BCUT2D eigenvalue weighted by atomic mass is 16.5. The fraction of sp³-hybridized carbons (Fsp3) is 0.318. The topological polar surface area (TPSA) is 72.3 Å². The van der Waals surface area contributed by atoms with Crippen LogP contribution in [0.25, 0.3) is 5.69 Å². The minimum absolute atomic E-state index is 0.0354. The molecule has 1 heterocycles. The van der Waals surface area contributed by atoms with Crippen molar-refractivity contribution in [2.75, 3.05) is 26.7 Å². The second-order valence-electron chi connectivity index (χ2n) is 6.61. The van der Waals surface area contributed by atoms with Gasteiger partial charge in [-0.1, -0.05) is 49.4 Å². The van der Waals surface area contributed by atoms with Gasteiger partial charge in [-0.2, -0.15) is 0 Å². The van der Waals surface area contributed by atoms with E-state index in [4.69, 9.17) is 4.74 Å². The van der Waals surface area contributed by atoms with Crippen LogP contribution in [0, 0.1) is 0 Å². The number of methoxy groups -OCH3 is 1. The molecule has 1 aromatic heterocycles. The fourth-order valence-electron chi connectivity index (χ4n) is 3.33. The van der Waals surface area contributed by atoms with Crippen LogP contribution in [0.5, 0.6) is 5.75 Å². The summed E-state index contributed by atoms with van der Waals surface area (Å²) in [4.78, 5) is 15.0. The van der Waals surface area contributed by atoms with E-state index in [2.05, 4.69) is 40.4 Å². The van der Waals surface area contributed by atoms with Crippen LogP contribution in [0.2, 0.25) is 0 Å². The Morgan fingerprint density at radius 1 is 1.14 bits per heavy atom. The maximum atomic E-state index is 12.7. The van der Waals surface area contributed by atoms with Gasteiger partial charge in [-0.3, -0.25) is 9.69 Å². The van der Waals surface area contributed by atoms with Gasteiger partial charge < -0.3 is 10.1 Å². The zero-order valence-electron chi connectivity index (χ0n) is 17.1. The molecule has 1 N–H and O–H groups in total. The van der Waals surface area contributed by atoms with E-state index in [1.165, 1.54) is 0 Å². The van der Waals surface area contributed by atoms with Crippen molar-refractivity contribution in [3.05, 3.63) is 72.1 Å². The van der Waals surface area contributed by atoms with Crippen LogP contribution in [-0.4, -0.2) is 52.5 Å². The van der Waals surface area contributed by atoms with E-state index in [0.29, 0.717) is 6.54 Å². The zero-order chi connectivity index (χ0) is 20.6. The predicted octanol–water partition coefficient (Wildman–Crippen LogP) is 3.09. The Morgan fingerprint density at radius 2 is 1.90 bits per heavy atom. The van der Waals surface area contributed by atoms with E-state index in [0.717, 1.165) is 30.1 Å². The Balaban J connectivity index is 1.73. The molecule has 0 bridgehead atoms. The van der Waals surface area contributed by atoms with Crippen molar-refractivity contribution >= 4 is 5.91 Å². The summed E-state index contributed by atoms with van der Waals surface area (Å²) in [6.45, 7) is 6.44. The van der Waals surface area contributed by atoms with Crippen LogP contribution in [0.4, 0.5) is 0 Å². The summed E-state index contributed by atoms with van der Waals surface area (Å²) in [7, 11) is 1.66. The highest BCUT2D eigenvalue weighted by molar-refractivity contribution is 5.91. The van der Waals surface area contributed by atoms with Gasteiger partial charge in [0.15, 0.2) is 5.69 Å². The maximum absolute atomic E-state index is 12.7. The van der Waals surface area contributed by atoms with Crippen molar-refractivity contribution < 1.29 is 9.53 Å². The molecule has 2 aromatic carbocycles. The molecule has 29 heavy (non-hydrogen) atoms. The van der Waals surface area contributed by atoms with Crippen LogP contribution in [0.3, 0.4) is 0 Å². The number of nitrogens with one attached hydrogen (secondary N) is 1. The van der Waals surface area contributed by atoms with Gasteiger partial charge in [0, 0.05) is 6.54 Å². The molecular weight excluding hydrogens is 366 g/mol. The first-order valence-electron chi connectivity index (χ1n) is 9.80. The van der Waals surface area contributed by atoms with Crippen LogP contribution in [0.1, 0.15) is 35.9 Å². The Hall–Kier alpha value is -3.19. The molecule has 3 rings (SSSR count). The Morgan fingerprint density at radius 3 is 2.59 bits per heavy atom. The van der Waals surface area contributed by atoms with Gasteiger partial charge in [0.2, 0.25) is 0 Å². The number of rotatable bonds is 9. The van der Waals surface area contributed by atoms with Crippen LogP contribution >= 0.6 is 0 Å². The van der Waals surface area contributed by atoms with Crippen LogP contribution < -0.4 is 10.1 Å². The number of amides is 1. The number of para-hydroxylation sites is 1. The van der Waals surface area contributed by atoms with Gasteiger partial charge in [-0.25, -0.2) is 4.68 Å². The van der Waals surface area contributed by atoms with Crippen molar-refractivity contribution in [1.29, 1.82) is 0 Å². The molecule has 1 atom stereocenters. The summed E-state index contributed by atoms with van der Waals surface area (Å²) < 4.78 is 6.96.